The number of sulfonamides is 1. The molecule has 4 aromatic rings. The van der Waals surface area contributed by atoms with E-state index in [1.165, 1.54) is 6.20 Å². The first-order valence-corrected chi connectivity index (χ1v) is 13.0. The van der Waals surface area contributed by atoms with Gasteiger partial charge in [0, 0.05) is 12.1 Å². The van der Waals surface area contributed by atoms with E-state index in [4.69, 9.17) is 21.1 Å². The summed E-state index contributed by atoms with van der Waals surface area (Å²) in [6.45, 7) is 0. The van der Waals surface area contributed by atoms with Gasteiger partial charge in [-0.05, 0) is 48.2 Å². The molecule has 1 fully saturated rings. The standard InChI is InChI=1S/C25H19ClN4O4S/c1-35(31,32)30-24-14-28-22-9-4-16(11-23(22)29-24)15-2-5-18(6-3-15)33-20-10-17(13-27)25(21(26)12-20)34-19-7-8-19/h2-6,9-12,14,19H,7-8H2,1H3,(H,29,30). The van der Waals surface area contributed by atoms with Crippen LogP contribution in [-0.2, 0) is 10.0 Å². The van der Waals surface area contributed by atoms with Gasteiger partial charge in [0.05, 0.1) is 40.2 Å². The highest BCUT2D eigenvalue weighted by atomic mass is 35.5. The summed E-state index contributed by atoms with van der Waals surface area (Å²) in [6, 6.07) is 18.3. The second-order valence-electron chi connectivity index (χ2n) is 8.17. The number of rotatable bonds is 7. The Bertz CT molecular complexity index is 1580. The highest BCUT2D eigenvalue weighted by Gasteiger charge is 2.26. The number of nitrogens with one attached hydrogen (secondary N) is 1. The van der Waals surface area contributed by atoms with Gasteiger partial charge in [-0.3, -0.25) is 9.71 Å². The third-order valence-electron chi connectivity index (χ3n) is 5.20. The Morgan fingerprint density at radius 2 is 1.77 bits per heavy atom. The maximum absolute atomic E-state index is 11.5. The minimum Gasteiger partial charge on any atom is -0.487 e. The largest absolute Gasteiger partial charge is 0.487 e. The third-order valence-corrected chi connectivity index (χ3v) is 6.06. The molecule has 0 spiro atoms. The van der Waals surface area contributed by atoms with Gasteiger partial charge in [0.2, 0.25) is 10.0 Å². The Labute approximate surface area is 207 Å². The Balaban J connectivity index is 1.37. The summed E-state index contributed by atoms with van der Waals surface area (Å²) in [5, 5.41) is 9.83. The average Bonchev–Trinajstić information content (AvgIpc) is 3.64. The van der Waals surface area contributed by atoms with Crippen LogP contribution in [0.5, 0.6) is 17.2 Å². The summed E-state index contributed by atoms with van der Waals surface area (Å²) < 4.78 is 37.0. The second-order valence-corrected chi connectivity index (χ2v) is 10.3. The number of halogens is 1. The van der Waals surface area contributed by atoms with Gasteiger partial charge in [0.1, 0.15) is 17.6 Å². The number of benzene rings is 3. The molecule has 0 atom stereocenters. The molecule has 0 saturated heterocycles. The molecule has 1 aromatic heterocycles. The number of hydrogen-bond donors (Lipinski definition) is 1. The number of nitriles is 1. The van der Waals surface area contributed by atoms with Gasteiger partial charge in [0.15, 0.2) is 11.6 Å². The molecule has 0 radical (unpaired) electrons. The molecule has 8 nitrogen and oxygen atoms in total. The van der Waals surface area contributed by atoms with E-state index in [0.717, 1.165) is 30.2 Å². The monoisotopic (exact) mass is 506 g/mol. The fourth-order valence-electron chi connectivity index (χ4n) is 3.46. The van der Waals surface area contributed by atoms with Crippen LogP contribution in [0.1, 0.15) is 18.4 Å². The molecule has 176 valence electrons. The van der Waals surface area contributed by atoms with Crippen LogP contribution in [-0.4, -0.2) is 30.7 Å². The van der Waals surface area contributed by atoms with Crippen molar-refractivity contribution >= 4 is 38.5 Å². The lowest BCUT2D eigenvalue weighted by atomic mass is 10.0. The highest BCUT2D eigenvalue weighted by molar-refractivity contribution is 7.92. The molecule has 5 rings (SSSR count). The average molecular weight is 507 g/mol. The molecular formula is C25H19ClN4O4S. The molecule has 10 heteroatoms. The maximum atomic E-state index is 11.5. The predicted octanol–water partition coefficient (Wildman–Crippen LogP) is 5.53. The van der Waals surface area contributed by atoms with Crippen LogP contribution in [0.2, 0.25) is 5.02 Å². The van der Waals surface area contributed by atoms with Gasteiger partial charge in [0.25, 0.3) is 0 Å². The highest BCUT2D eigenvalue weighted by Crippen LogP contribution is 2.38. The smallest absolute Gasteiger partial charge is 0.231 e. The zero-order valence-electron chi connectivity index (χ0n) is 18.5. The number of nitrogens with zero attached hydrogens (tertiary/aromatic N) is 3. The van der Waals surface area contributed by atoms with Crippen LogP contribution in [0, 0.1) is 11.3 Å². The van der Waals surface area contributed by atoms with Gasteiger partial charge >= 0.3 is 0 Å². The van der Waals surface area contributed by atoms with E-state index in [0.29, 0.717) is 38.9 Å². The zero-order valence-corrected chi connectivity index (χ0v) is 20.1. The Morgan fingerprint density at radius 3 is 2.46 bits per heavy atom. The summed E-state index contributed by atoms with van der Waals surface area (Å²) in [5.41, 5.74) is 3.33. The minimum atomic E-state index is -3.45. The van der Waals surface area contributed by atoms with Crippen molar-refractivity contribution in [2.24, 2.45) is 0 Å². The normalized spacial score (nSPS) is 13.3. The lowest BCUT2D eigenvalue weighted by molar-refractivity contribution is 0.302. The molecular weight excluding hydrogens is 488 g/mol. The predicted molar refractivity (Wildman–Crippen MR) is 133 cm³/mol. The van der Waals surface area contributed by atoms with E-state index in [1.54, 1.807) is 24.3 Å². The summed E-state index contributed by atoms with van der Waals surface area (Å²) in [4.78, 5) is 8.60. The number of hydrogen-bond acceptors (Lipinski definition) is 7. The molecule has 0 aliphatic heterocycles. The van der Waals surface area contributed by atoms with E-state index in [1.807, 2.05) is 30.3 Å². The molecule has 1 heterocycles. The lowest BCUT2D eigenvalue weighted by Gasteiger charge is -2.12. The van der Waals surface area contributed by atoms with Crippen LogP contribution in [0.3, 0.4) is 0 Å². The second kappa shape index (κ2) is 9.06. The van der Waals surface area contributed by atoms with E-state index in [9.17, 15) is 13.7 Å². The zero-order chi connectivity index (χ0) is 24.6. The topological polar surface area (TPSA) is 114 Å². The first-order chi connectivity index (χ1) is 16.8. The summed E-state index contributed by atoms with van der Waals surface area (Å²) in [6.07, 6.45) is 4.50. The molecule has 1 aliphatic carbocycles. The molecule has 0 amide bonds. The summed E-state index contributed by atoms with van der Waals surface area (Å²) >= 11 is 6.35. The van der Waals surface area contributed by atoms with Crippen molar-refractivity contribution in [3.63, 3.8) is 0 Å². The van der Waals surface area contributed by atoms with E-state index < -0.39 is 10.0 Å². The summed E-state index contributed by atoms with van der Waals surface area (Å²) in [5.74, 6) is 1.57. The van der Waals surface area contributed by atoms with Crippen LogP contribution >= 0.6 is 11.6 Å². The Hall–Kier alpha value is -3.87. The van der Waals surface area contributed by atoms with Gasteiger partial charge in [-0.2, -0.15) is 5.26 Å². The van der Waals surface area contributed by atoms with Gasteiger partial charge in [-0.15, -0.1) is 0 Å². The first kappa shape index (κ1) is 22.9. The van der Waals surface area contributed by atoms with Gasteiger partial charge in [-0.1, -0.05) is 29.8 Å². The van der Waals surface area contributed by atoms with Gasteiger partial charge in [-0.25, -0.2) is 13.4 Å². The molecule has 1 saturated carbocycles. The minimum absolute atomic E-state index is 0.127. The number of anilines is 1. The van der Waals surface area contributed by atoms with Crippen molar-refractivity contribution in [3.05, 3.63) is 71.4 Å². The van der Waals surface area contributed by atoms with E-state index >= 15 is 0 Å². The molecule has 0 unspecified atom stereocenters. The van der Waals surface area contributed by atoms with Crippen molar-refractivity contribution in [2.75, 3.05) is 11.0 Å². The van der Waals surface area contributed by atoms with Crippen molar-refractivity contribution in [3.8, 4) is 34.4 Å². The third kappa shape index (κ3) is 5.45. The lowest BCUT2D eigenvalue weighted by Crippen LogP contribution is -2.11. The van der Waals surface area contributed by atoms with Crippen LogP contribution in [0.25, 0.3) is 22.2 Å². The first-order valence-electron chi connectivity index (χ1n) is 10.7. The molecule has 3 aromatic carbocycles. The SMILES string of the molecule is CS(=O)(=O)Nc1cnc2ccc(-c3ccc(Oc4cc(Cl)c(OC5CC5)c(C#N)c4)cc3)cc2n1. The van der Waals surface area contributed by atoms with Crippen molar-refractivity contribution < 1.29 is 17.9 Å². The molecule has 1 N–H and O–H groups in total. The quantitative estimate of drug-likeness (QED) is 0.350. The summed E-state index contributed by atoms with van der Waals surface area (Å²) in [7, 11) is -3.45. The van der Waals surface area contributed by atoms with Gasteiger partial charge < -0.3 is 9.47 Å². The Morgan fingerprint density at radius 1 is 1.03 bits per heavy atom. The van der Waals surface area contributed by atoms with E-state index in [-0.39, 0.29) is 11.9 Å². The maximum Gasteiger partial charge on any atom is 0.231 e. The number of ether oxygens (including phenoxy) is 2. The van der Waals surface area contributed by atoms with Crippen molar-refractivity contribution in [2.45, 2.75) is 18.9 Å². The van der Waals surface area contributed by atoms with Crippen molar-refractivity contribution in [1.29, 1.82) is 5.26 Å². The van der Waals surface area contributed by atoms with Crippen LogP contribution in [0.15, 0.2) is 60.8 Å². The number of aromatic nitrogens is 2. The fourth-order valence-corrected chi connectivity index (χ4v) is 4.20. The van der Waals surface area contributed by atoms with E-state index in [2.05, 4.69) is 20.8 Å². The Kier molecular flexibility index (Phi) is 5.93. The molecule has 35 heavy (non-hydrogen) atoms. The molecule has 1 aliphatic rings. The van der Waals surface area contributed by atoms with Crippen LogP contribution in [0.4, 0.5) is 5.82 Å². The van der Waals surface area contributed by atoms with Crippen LogP contribution < -0.4 is 14.2 Å². The molecule has 0 bridgehead atoms. The fraction of sp³-hybridized carbons (Fsp3) is 0.160. The van der Waals surface area contributed by atoms with Crippen molar-refractivity contribution in [1.82, 2.24) is 9.97 Å². The number of fused-ring (bicyclic) bond motifs is 1.